The Morgan fingerprint density at radius 1 is 1.47 bits per heavy atom. The number of hydrogen-bond acceptors (Lipinski definition) is 2. The van der Waals surface area contributed by atoms with Crippen LogP contribution in [-0.2, 0) is 0 Å². The third-order valence-corrected chi connectivity index (χ3v) is 3.00. The van der Waals surface area contributed by atoms with Gasteiger partial charge in [0.15, 0.2) is 0 Å². The minimum absolute atomic E-state index is 0.499. The first kappa shape index (κ1) is 10.7. The van der Waals surface area contributed by atoms with Gasteiger partial charge in [0.25, 0.3) is 0 Å². The van der Waals surface area contributed by atoms with E-state index < -0.39 is 0 Å². The number of anilines is 1. The zero-order valence-corrected chi connectivity index (χ0v) is 10.0. The minimum atomic E-state index is 0.499. The molecule has 0 aliphatic heterocycles. The lowest BCUT2D eigenvalue weighted by Gasteiger charge is -2.27. The summed E-state index contributed by atoms with van der Waals surface area (Å²) < 4.78 is 0. The smallest absolute Gasteiger partial charge is 0.128 e. The van der Waals surface area contributed by atoms with Gasteiger partial charge >= 0.3 is 0 Å². The number of rotatable bonds is 4. The average molecular weight is 225 g/mol. The molecular formula is C12H17ClN2. The van der Waals surface area contributed by atoms with E-state index in [1.807, 2.05) is 12.1 Å². The summed E-state index contributed by atoms with van der Waals surface area (Å²) in [5.74, 6) is 1.92. The quantitative estimate of drug-likeness (QED) is 0.780. The molecule has 0 N–H and O–H groups in total. The van der Waals surface area contributed by atoms with Gasteiger partial charge in [-0.05, 0) is 44.7 Å². The maximum absolute atomic E-state index is 5.83. The monoisotopic (exact) mass is 224 g/mol. The number of aromatic nitrogens is 1. The summed E-state index contributed by atoms with van der Waals surface area (Å²) in [5.41, 5.74) is 0. The predicted octanol–water partition coefficient (Wildman–Crippen LogP) is 3.36. The maximum atomic E-state index is 5.83. The molecule has 1 fully saturated rings. The van der Waals surface area contributed by atoms with Gasteiger partial charge < -0.3 is 4.90 Å². The van der Waals surface area contributed by atoms with Gasteiger partial charge in [-0.25, -0.2) is 4.98 Å². The van der Waals surface area contributed by atoms with Crippen LogP contribution in [0, 0.1) is 5.92 Å². The second-order valence-electron chi connectivity index (χ2n) is 4.52. The van der Waals surface area contributed by atoms with E-state index in [1.54, 1.807) is 6.20 Å². The van der Waals surface area contributed by atoms with Crippen LogP contribution in [-0.4, -0.2) is 17.6 Å². The van der Waals surface area contributed by atoms with Crippen LogP contribution in [0.2, 0.25) is 5.02 Å². The lowest BCUT2D eigenvalue weighted by Crippen LogP contribution is -2.33. The van der Waals surface area contributed by atoms with Crippen molar-refractivity contribution in [3.63, 3.8) is 0 Å². The van der Waals surface area contributed by atoms with E-state index in [9.17, 15) is 0 Å². The summed E-state index contributed by atoms with van der Waals surface area (Å²) in [6.07, 6.45) is 4.47. The van der Waals surface area contributed by atoms with Crippen molar-refractivity contribution in [3.05, 3.63) is 23.4 Å². The van der Waals surface area contributed by atoms with Gasteiger partial charge in [0, 0.05) is 18.8 Å². The highest BCUT2D eigenvalue weighted by molar-refractivity contribution is 6.30. The van der Waals surface area contributed by atoms with Crippen LogP contribution < -0.4 is 4.90 Å². The fourth-order valence-corrected chi connectivity index (χ4v) is 1.80. The van der Waals surface area contributed by atoms with Crippen LogP contribution in [0.3, 0.4) is 0 Å². The molecule has 3 heteroatoms. The normalized spacial score (nSPS) is 15.7. The molecule has 1 aromatic rings. The summed E-state index contributed by atoms with van der Waals surface area (Å²) in [7, 11) is 0. The van der Waals surface area contributed by atoms with Gasteiger partial charge in [-0.15, -0.1) is 0 Å². The van der Waals surface area contributed by atoms with E-state index in [2.05, 4.69) is 23.7 Å². The number of hydrogen-bond donors (Lipinski definition) is 0. The highest BCUT2D eigenvalue weighted by Crippen LogP contribution is 2.31. The molecule has 0 amide bonds. The molecule has 1 aliphatic carbocycles. The summed E-state index contributed by atoms with van der Waals surface area (Å²) in [6.45, 7) is 5.55. The van der Waals surface area contributed by atoms with Crippen molar-refractivity contribution in [2.45, 2.75) is 32.7 Å². The van der Waals surface area contributed by atoms with Gasteiger partial charge in [0.05, 0.1) is 5.02 Å². The van der Waals surface area contributed by atoms with Crippen LogP contribution in [0.5, 0.6) is 0 Å². The molecule has 0 atom stereocenters. The van der Waals surface area contributed by atoms with Crippen molar-refractivity contribution in [2.75, 3.05) is 11.4 Å². The van der Waals surface area contributed by atoms with E-state index in [0.29, 0.717) is 11.1 Å². The Balaban J connectivity index is 2.11. The van der Waals surface area contributed by atoms with E-state index in [-0.39, 0.29) is 0 Å². The Hall–Kier alpha value is -0.760. The van der Waals surface area contributed by atoms with Gasteiger partial charge in [-0.2, -0.15) is 0 Å². The maximum Gasteiger partial charge on any atom is 0.128 e. The third kappa shape index (κ3) is 2.85. The van der Waals surface area contributed by atoms with Crippen molar-refractivity contribution in [2.24, 2.45) is 5.92 Å². The molecule has 0 aromatic carbocycles. The lowest BCUT2D eigenvalue weighted by atomic mass is 10.2. The molecule has 0 radical (unpaired) electrons. The van der Waals surface area contributed by atoms with Gasteiger partial charge in [0.2, 0.25) is 0 Å². The van der Waals surface area contributed by atoms with Crippen molar-refractivity contribution in [3.8, 4) is 0 Å². The Kier molecular flexibility index (Phi) is 3.15. The fourth-order valence-electron chi connectivity index (χ4n) is 1.69. The second kappa shape index (κ2) is 4.40. The van der Waals surface area contributed by atoms with Crippen LogP contribution in [0.1, 0.15) is 26.7 Å². The third-order valence-electron chi connectivity index (χ3n) is 2.78. The molecule has 15 heavy (non-hydrogen) atoms. The molecule has 1 heterocycles. The van der Waals surface area contributed by atoms with E-state index in [1.165, 1.54) is 12.8 Å². The highest BCUT2D eigenvalue weighted by atomic mass is 35.5. The molecular weight excluding hydrogens is 208 g/mol. The second-order valence-corrected chi connectivity index (χ2v) is 4.96. The van der Waals surface area contributed by atoms with Crippen LogP contribution in [0.25, 0.3) is 0 Å². The Bertz CT molecular complexity index is 317. The summed E-state index contributed by atoms with van der Waals surface area (Å²) in [5, 5.41) is 0.703. The van der Waals surface area contributed by atoms with Gasteiger partial charge in [-0.1, -0.05) is 11.6 Å². The topological polar surface area (TPSA) is 16.1 Å². The van der Waals surface area contributed by atoms with E-state index in [0.717, 1.165) is 18.3 Å². The first-order chi connectivity index (χ1) is 7.16. The molecule has 1 aliphatic rings. The molecule has 0 spiro atoms. The van der Waals surface area contributed by atoms with Crippen LogP contribution >= 0.6 is 11.6 Å². The average Bonchev–Trinajstić information content (AvgIpc) is 2.99. The van der Waals surface area contributed by atoms with Gasteiger partial charge in [-0.3, -0.25) is 0 Å². The lowest BCUT2D eigenvalue weighted by molar-refractivity contribution is 0.637. The number of halogens is 1. The Labute approximate surface area is 96.3 Å². The highest BCUT2D eigenvalue weighted by Gasteiger charge is 2.26. The Morgan fingerprint density at radius 2 is 2.20 bits per heavy atom. The molecule has 1 aromatic heterocycles. The number of nitrogens with zero attached hydrogens (tertiary/aromatic N) is 2. The predicted molar refractivity (Wildman–Crippen MR) is 64.5 cm³/mol. The Morgan fingerprint density at radius 3 is 2.67 bits per heavy atom. The van der Waals surface area contributed by atoms with Crippen molar-refractivity contribution >= 4 is 17.4 Å². The van der Waals surface area contributed by atoms with Crippen LogP contribution in [0.4, 0.5) is 5.82 Å². The SMILES string of the molecule is CC(C)N(CC1CC1)c1ccc(Cl)cn1. The molecule has 1 saturated carbocycles. The molecule has 82 valence electrons. The molecule has 2 rings (SSSR count). The largest absolute Gasteiger partial charge is 0.354 e. The zero-order valence-electron chi connectivity index (χ0n) is 9.28. The van der Waals surface area contributed by atoms with Crippen molar-refractivity contribution in [1.82, 2.24) is 4.98 Å². The van der Waals surface area contributed by atoms with Crippen molar-refractivity contribution < 1.29 is 0 Å². The van der Waals surface area contributed by atoms with E-state index >= 15 is 0 Å². The zero-order chi connectivity index (χ0) is 10.8. The number of pyridine rings is 1. The summed E-state index contributed by atoms with van der Waals surface area (Å²) in [4.78, 5) is 6.73. The van der Waals surface area contributed by atoms with Crippen LogP contribution in [0.15, 0.2) is 18.3 Å². The first-order valence-electron chi connectivity index (χ1n) is 5.55. The molecule has 2 nitrogen and oxygen atoms in total. The molecule has 0 unspecified atom stereocenters. The standard InChI is InChI=1S/C12H17ClN2/c1-9(2)15(8-10-3-4-10)12-6-5-11(13)7-14-12/h5-7,9-10H,3-4,8H2,1-2H3. The fraction of sp³-hybridized carbons (Fsp3) is 0.583. The van der Waals surface area contributed by atoms with Crippen molar-refractivity contribution in [1.29, 1.82) is 0 Å². The molecule has 0 saturated heterocycles. The minimum Gasteiger partial charge on any atom is -0.354 e. The molecule has 0 bridgehead atoms. The van der Waals surface area contributed by atoms with E-state index in [4.69, 9.17) is 11.6 Å². The summed E-state index contributed by atoms with van der Waals surface area (Å²) >= 11 is 5.83. The first-order valence-corrected chi connectivity index (χ1v) is 5.93. The summed E-state index contributed by atoms with van der Waals surface area (Å²) in [6, 6.07) is 4.41. The van der Waals surface area contributed by atoms with Gasteiger partial charge in [0.1, 0.15) is 5.82 Å².